The molecule has 1 aliphatic rings. The number of nitrogens with two attached hydrogens (primary N) is 1. The number of aromatic carboxylic acids is 1. The Labute approximate surface area is 430 Å². The summed E-state index contributed by atoms with van der Waals surface area (Å²) >= 11 is 1.22. The number of benzene rings is 4. The molecule has 0 saturated heterocycles. The van der Waals surface area contributed by atoms with Crippen molar-refractivity contribution in [3.05, 3.63) is 129 Å². The molecule has 1 aliphatic carbocycles. The number of ether oxygens (including phenoxy) is 3. The van der Waals surface area contributed by atoms with Crippen LogP contribution in [-0.4, -0.2) is 109 Å². The number of aromatic nitrogens is 1. The lowest BCUT2D eigenvalue weighted by atomic mass is 9.98. The molecule has 0 aliphatic heterocycles. The number of carbonyl (C=O) groups excluding carboxylic acids is 4. The highest BCUT2D eigenvalue weighted by Crippen LogP contribution is 2.44. The fourth-order valence-electron chi connectivity index (χ4n) is 7.93. The predicted octanol–water partition coefficient (Wildman–Crippen LogP) is 6.74. The predicted molar refractivity (Wildman–Crippen MR) is 272 cm³/mol. The van der Waals surface area contributed by atoms with Crippen LogP contribution in [0.3, 0.4) is 0 Å². The van der Waals surface area contributed by atoms with Crippen LogP contribution < -0.4 is 31.7 Å². The van der Waals surface area contributed by atoms with E-state index in [-0.39, 0.29) is 85.1 Å². The Morgan fingerprint density at radius 1 is 0.959 bits per heavy atom. The minimum absolute atomic E-state index is 0.0160. The number of urea groups is 1. The third kappa shape index (κ3) is 15.0. The molecule has 0 bridgehead atoms. The van der Waals surface area contributed by atoms with Crippen LogP contribution in [0, 0.1) is 29.0 Å². The molecule has 23 heteroatoms. The summed E-state index contributed by atoms with van der Waals surface area (Å²) in [4.78, 5) is 67.5. The van der Waals surface area contributed by atoms with E-state index >= 15 is 0 Å². The molecule has 0 spiro atoms. The summed E-state index contributed by atoms with van der Waals surface area (Å²) < 4.78 is 66.7. The normalized spacial score (nSPS) is 12.5. The highest BCUT2D eigenvalue weighted by molar-refractivity contribution is 7.85. The van der Waals surface area contributed by atoms with Crippen molar-refractivity contribution in [2.75, 3.05) is 38.7 Å². The van der Waals surface area contributed by atoms with Gasteiger partial charge in [0.05, 0.1) is 24.7 Å². The fourth-order valence-corrected chi connectivity index (χ4v) is 9.46. The number of alkyl carbamates (subject to hydrolysis) is 1. The molecular formula is C51H55FN8O12S2. The molecule has 9 N–H and O–H groups in total. The molecule has 390 valence electrons. The fraction of sp³-hybridized carbons (Fsp3) is 0.314. The molecule has 1 aromatic heterocycles. The van der Waals surface area contributed by atoms with Crippen LogP contribution in [0.1, 0.15) is 76.6 Å². The Hall–Kier alpha value is -8.07. The van der Waals surface area contributed by atoms with Gasteiger partial charge in [-0.05, 0) is 84.2 Å². The first-order valence-electron chi connectivity index (χ1n) is 23.2. The van der Waals surface area contributed by atoms with E-state index in [2.05, 4.69) is 38.1 Å². The van der Waals surface area contributed by atoms with Gasteiger partial charge < -0.3 is 51.2 Å². The number of fused-ring (bicyclic) bond motifs is 3. The van der Waals surface area contributed by atoms with E-state index in [1.807, 2.05) is 48.5 Å². The highest BCUT2D eigenvalue weighted by Gasteiger charge is 2.31. The van der Waals surface area contributed by atoms with Gasteiger partial charge in [-0.1, -0.05) is 80.3 Å². The smallest absolute Gasteiger partial charge is 0.410 e. The summed E-state index contributed by atoms with van der Waals surface area (Å²) in [7, 11) is -3.60. The van der Waals surface area contributed by atoms with Crippen molar-refractivity contribution in [3.8, 4) is 28.7 Å². The summed E-state index contributed by atoms with van der Waals surface area (Å²) in [5, 5.41) is 28.8. The molecule has 4 aromatic carbocycles. The number of rotatable bonds is 22. The van der Waals surface area contributed by atoms with Crippen molar-refractivity contribution in [2.24, 2.45) is 11.7 Å². The molecule has 0 radical (unpaired) electrons. The zero-order valence-corrected chi connectivity index (χ0v) is 42.1. The van der Waals surface area contributed by atoms with Crippen LogP contribution in [0.25, 0.3) is 11.1 Å². The number of carbonyl (C=O) groups is 5. The lowest BCUT2D eigenvalue weighted by molar-refractivity contribution is -0.118. The van der Waals surface area contributed by atoms with Gasteiger partial charge in [-0.3, -0.25) is 14.8 Å². The third-order valence-corrected chi connectivity index (χ3v) is 13.4. The van der Waals surface area contributed by atoms with Crippen LogP contribution in [0.5, 0.6) is 5.75 Å². The number of aryl methyl sites for hydroxylation is 1. The van der Waals surface area contributed by atoms with E-state index < -0.39 is 69.6 Å². The van der Waals surface area contributed by atoms with Gasteiger partial charge in [0.1, 0.15) is 30.0 Å². The summed E-state index contributed by atoms with van der Waals surface area (Å²) in [6.07, 6.45) is -0.657. The molecule has 20 nitrogen and oxygen atoms in total. The Kier molecular flexibility index (Phi) is 19.1. The van der Waals surface area contributed by atoms with Gasteiger partial charge in [0, 0.05) is 41.2 Å². The number of thiazole rings is 1. The number of primary amides is 1. The largest absolute Gasteiger partial charge is 0.491 e. The number of halogens is 1. The van der Waals surface area contributed by atoms with Gasteiger partial charge in [0.2, 0.25) is 5.91 Å². The number of amides is 5. The zero-order valence-electron chi connectivity index (χ0n) is 40.5. The average Bonchev–Trinajstić information content (AvgIpc) is 3.97. The van der Waals surface area contributed by atoms with E-state index in [0.717, 1.165) is 39.3 Å². The second-order valence-corrected chi connectivity index (χ2v) is 19.6. The third-order valence-electron chi connectivity index (χ3n) is 11.6. The van der Waals surface area contributed by atoms with Crippen molar-refractivity contribution < 1.29 is 60.7 Å². The first kappa shape index (κ1) is 55.2. The van der Waals surface area contributed by atoms with E-state index in [1.54, 1.807) is 13.8 Å². The minimum Gasteiger partial charge on any atom is -0.491 e. The van der Waals surface area contributed by atoms with E-state index in [4.69, 9.17) is 25.4 Å². The highest BCUT2D eigenvalue weighted by atomic mass is 32.2. The Morgan fingerprint density at radius 2 is 1.66 bits per heavy atom. The van der Waals surface area contributed by atoms with Gasteiger partial charge in [-0.25, -0.2) is 28.6 Å². The first-order chi connectivity index (χ1) is 35.3. The van der Waals surface area contributed by atoms with Crippen LogP contribution in [-0.2, 0) is 37.4 Å². The average molecular weight is 1060 g/mol. The molecule has 2 atom stereocenters. The number of nitrogens with one attached hydrogen (secondary N) is 5. The molecule has 5 aromatic rings. The van der Waals surface area contributed by atoms with Gasteiger partial charge >= 0.3 is 24.2 Å². The van der Waals surface area contributed by atoms with E-state index in [0.29, 0.717) is 17.7 Å². The van der Waals surface area contributed by atoms with Crippen molar-refractivity contribution in [3.63, 3.8) is 0 Å². The van der Waals surface area contributed by atoms with Crippen molar-refractivity contribution in [1.82, 2.24) is 25.8 Å². The summed E-state index contributed by atoms with van der Waals surface area (Å²) in [5.74, 6) is 2.07. The van der Waals surface area contributed by atoms with Gasteiger partial charge in [0.25, 0.3) is 10.1 Å². The molecule has 6 rings (SSSR count). The molecular weight excluding hydrogens is 1000 g/mol. The second kappa shape index (κ2) is 25.5. The number of nitrogens with zero attached hydrogens (tertiary/aromatic N) is 2. The summed E-state index contributed by atoms with van der Waals surface area (Å²) in [6.45, 7) is 2.94. The maximum atomic E-state index is 14.8. The molecule has 5 amide bonds. The standard InChI is InChI=1S/C51H55FN8O12S2/c1-30(2)44(59-50(65)71-28-38-36-14-6-4-12-34(36)35-13-5-7-15-37(35)38)46(53)58-40(16-8-22-55-49(54)64)47(61)57-33-20-19-32(43(26-33)74(67,68)69)27-72-51(66)60(3)23-9-11-31-18-21-41(39(52)25-31)70-24-10-17-42-45(48(62)63)56-29-73-42/h4-7,12-15,18-21,25-26,29-30,38,40,44H,8,10,16-17,22-24,27-28H2,1-3H3,(H2,53,58)(H,57,61)(H,59,65)(H,62,63)(H3,54,55,64)(H,67,68,69)/t40-,44-/m0/s1. The van der Waals surface area contributed by atoms with Crippen LogP contribution in [0.15, 0.2) is 95.3 Å². The number of carboxylic acid groups (broad SMARTS) is 1. The monoisotopic (exact) mass is 1050 g/mol. The van der Waals surface area contributed by atoms with Crippen molar-refractivity contribution in [1.29, 1.82) is 5.41 Å². The SMILES string of the molecule is CC(C)[C@H](NC(=O)OCC1c2ccccc2-c2ccccc21)C(=N)N[C@@H](CCCNC(N)=O)C(=O)Nc1ccc(COC(=O)N(C)CC#Cc2ccc(OCCCc3scnc3C(=O)O)c(F)c2)c(S(=O)(=O)O)c1. The van der Waals surface area contributed by atoms with Crippen LogP contribution in [0.4, 0.5) is 24.5 Å². The Balaban J connectivity index is 1.03. The molecule has 0 unspecified atom stereocenters. The Morgan fingerprint density at radius 3 is 2.31 bits per heavy atom. The number of hydrogen-bond donors (Lipinski definition) is 8. The number of carboxylic acids is 1. The molecule has 0 saturated carbocycles. The summed E-state index contributed by atoms with van der Waals surface area (Å²) in [6, 6.07) is 20.4. The number of anilines is 1. The molecule has 1 heterocycles. The first-order valence-corrected chi connectivity index (χ1v) is 25.5. The van der Waals surface area contributed by atoms with Gasteiger partial charge in [-0.2, -0.15) is 8.42 Å². The quantitative estimate of drug-likeness (QED) is 0.0117. The van der Waals surface area contributed by atoms with E-state index in [1.165, 1.54) is 48.2 Å². The van der Waals surface area contributed by atoms with Crippen LogP contribution in [0.2, 0.25) is 0 Å². The van der Waals surface area contributed by atoms with Gasteiger partial charge in [0.15, 0.2) is 17.3 Å². The molecule has 0 fully saturated rings. The van der Waals surface area contributed by atoms with Crippen molar-refractivity contribution in [2.45, 2.75) is 69.0 Å². The maximum absolute atomic E-state index is 14.8. The maximum Gasteiger partial charge on any atom is 0.410 e. The minimum atomic E-state index is -4.96. The van der Waals surface area contributed by atoms with Crippen molar-refractivity contribution >= 4 is 63.1 Å². The topological polar surface area (TPSA) is 302 Å². The van der Waals surface area contributed by atoms with Gasteiger partial charge in [-0.15, -0.1) is 11.3 Å². The summed E-state index contributed by atoms with van der Waals surface area (Å²) in [5.41, 5.74) is 10.8. The zero-order chi connectivity index (χ0) is 53.5. The Bertz CT molecular complexity index is 3020. The van der Waals surface area contributed by atoms with E-state index in [9.17, 15) is 46.4 Å². The van der Waals surface area contributed by atoms with Crippen LogP contribution >= 0.6 is 11.3 Å². The molecule has 74 heavy (non-hydrogen) atoms. The second-order valence-electron chi connectivity index (χ2n) is 17.3. The number of hydrogen-bond acceptors (Lipinski definition) is 13. The lowest BCUT2D eigenvalue weighted by Crippen LogP contribution is -2.54. The lowest BCUT2D eigenvalue weighted by Gasteiger charge is -2.27. The number of amidine groups is 1.